The van der Waals surface area contributed by atoms with E-state index in [0.717, 1.165) is 47.2 Å². The standard InChI is InChI=1S/C23H24N6OS/c1-23(2,3)18-11-31-22(28-18)21(30)27-17-6-4-5-13-9-14(7-8-15(13)17)19-16-10-26-29-20(16)25-12-24-19/h7-12,17H,4-6H2,1-3H3,(H,27,30)(H,24,25,26,29)/t17-/m0/s1. The average molecular weight is 433 g/mol. The Morgan fingerprint density at radius 3 is 2.94 bits per heavy atom. The van der Waals surface area contributed by atoms with E-state index in [4.69, 9.17) is 0 Å². The van der Waals surface area contributed by atoms with Crippen molar-refractivity contribution in [1.29, 1.82) is 0 Å². The quantitative estimate of drug-likeness (QED) is 0.494. The van der Waals surface area contributed by atoms with Crippen molar-refractivity contribution in [2.45, 2.75) is 51.5 Å². The number of nitrogens with zero attached hydrogens (tertiary/aromatic N) is 4. The molecule has 1 aliphatic carbocycles. The van der Waals surface area contributed by atoms with Gasteiger partial charge >= 0.3 is 0 Å². The topological polar surface area (TPSA) is 96.5 Å². The summed E-state index contributed by atoms with van der Waals surface area (Å²) in [5, 5.41) is 13.6. The minimum absolute atomic E-state index is 0.00775. The number of fused-ring (bicyclic) bond motifs is 2. The number of aromatic amines is 1. The maximum absolute atomic E-state index is 12.9. The van der Waals surface area contributed by atoms with Crippen LogP contribution in [0, 0.1) is 0 Å². The zero-order valence-electron chi connectivity index (χ0n) is 17.8. The molecule has 1 aromatic carbocycles. The molecule has 2 N–H and O–H groups in total. The van der Waals surface area contributed by atoms with E-state index in [9.17, 15) is 4.79 Å². The van der Waals surface area contributed by atoms with E-state index in [1.54, 1.807) is 12.5 Å². The van der Waals surface area contributed by atoms with Gasteiger partial charge in [0.15, 0.2) is 10.7 Å². The molecule has 7 nitrogen and oxygen atoms in total. The van der Waals surface area contributed by atoms with E-state index in [-0.39, 0.29) is 17.4 Å². The zero-order valence-corrected chi connectivity index (χ0v) is 18.6. The Balaban J connectivity index is 1.41. The SMILES string of the molecule is CC(C)(C)c1csc(C(=O)N[C@H]2CCCc3cc(-c4ncnc5[nH]ncc45)ccc32)n1. The van der Waals surface area contributed by atoms with Crippen molar-refractivity contribution in [3.8, 4) is 11.3 Å². The van der Waals surface area contributed by atoms with Crippen molar-refractivity contribution in [1.82, 2.24) is 30.5 Å². The van der Waals surface area contributed by atoms with Crippen LogP contribution in [0.25, 0.3) is 22.3 Å². The van der Waals surface area contributed by atoms with E-state index in [2.05, 4.69) is 69.4 Å². The van der Waals surface area contributed by atoms with E-state index in [1.165, 1.54) is 22.5 Å². The molecule has 1 atom stereocenters. The molecule has 0 fully saturated rings. The molecule has 0 spiro atoms. The number of rotatable bonds is 3. The molecule has 3 aromatic heterocycles. The van der Waals surface area contributed by atoms with Crippen molar-refractivity contribution >= 4 is 28.3 Å². The Kier molecular flexibility index (Phi) is 4.81. The Labute approximate surface area is 184 Å². The number of hydrogen-bond acceptors (Lipinski definition) is 6. The van der Waals surface area contributed by atoms with Crippen LogP contribution in [0.5, 0.6) is 0 Å². The molecule has 31 heavy (non-hydrogen) atoms. The van der Waals surface area contributed by atoms with Crippen molar-refractivity contribution in [2.24, 2.45) is 0 Å². The summed E-state index contributed by atoms with van der Waals surface area (Å²) in [6.45, 7) is 6.31. The number of aryl methyl sites for hydroxylation is 1. The third kappa shape index (κ3) is 3.72. The Morgan fingerprint density at radius 1 is 1.26 bits per heavy atom. The molecule has 3 heterocycles. The highest BCUT2D eigenvalue weighted by molar-refractivity contribution is 7.11. The number of carbonyl (C=O) groups is 1. The fourth-order valence-corrected chi connectivity index (χ4v) is 5.00. The summed E-state index contributed by atoms with van der Waals surface area (Å²) in [4.78, 5) is 26.1. The van der Waals surface area contributed by atoms with Gasteiger partial charge in [0.05, 0.1) is 29.0 Å². The normalized spacial score (nSPS) is 16.3. The molecule has 158 valence electrons. The summed E-state index contributed by atoms with van der Waals surface area (Å²) < 4.78 is 0. The molecule has 0 bridgehead atoms. The molecule has 0 unspecified atom stereocenters. The van der Waals surface area contributed by atoms with E-state index in [1.807, 2.05) is 5.38 Å². The Bertz CT molecular complexity index is 1270. The number of carbonyl (C=O) groups excluding carboxylic acids is 1. The molecular weight excluding hydrogens is 408 g/mol. The second kappa shape index (κ2) is 7.53. The lowest BCUT2D eigenvalue weighted by Crippen LogP contribution is -2.31. The Hall–Kier alpha value is -3.13. The molecule has 0 saturated heterocycles. The first-order chi connectivity index (χ1) is 14.9. The first kappa shape index (κ1) is 19.8. The van der Waals surface area contributed by atoms with Crippen LogP contribution in [-0.4, -0.2) is 31.1 Å². The van der Waals surface area contributed by atoms with Gasteiger partial charge in [0.2, 0.25) is 0 Å². The smallest absolute Gasteiger partial charge is 0.280 e. The third-order valence-electron chi connectivity index (χ3n) is 5.75. The predicted molar refractivity (Wildman–Crippen MR) is 121 cm³/mol. The van der Waals surface area contributed by atoms with Gasteiger partial charge in [0.1, 0.15) is 6.33 Å². The van der Waals surface area contributed by atoms with Gasteiger partial charge in [-0.1, -0.05) is 32.9 Å². The van der Waals surface area contributed by atoms with E-state index >= 15 is 0 Å². The summed E-state index contributed by atoms with van der Waals surface area (Å²) in [5.74, 6) is -0.0988. The monoisotopic (exact) mass is 432 g/mol. The maximum atomic E-state index is 12.9. The minimum Gasteiger partial charge on any atom is -0.343 e. The van der Waals surface area contributed by atoms with Gasteiger partial charge in [-0.25, -0.2) is 15.0 Å². The lowest BCUT2D eigenvalue weighted by molar-refractivity contribution is 0.0932. The number of benzene rings is 1. The molecule has 0 aliphatic heterocycles. The fraction of sp³-hybridized carbons (Fsp3) is 0.348. The minimum atomic E-state index is -0.0988. The van der Waals surface area contributed by atoms with Gasteiger partial charge in [-0.3, -0.25) is 9.89 Å². The van der Waals surface area contributed by atoms with Crippen molar-refractivity contribution < 1.29 is 4.79 Å². The molecule has 4 aromatic rings. The van der Waals surface area contributed by atoms with Gasteiger partial charge in [0.25, 0.3) is 5.91 Å². The Morgan fingerprint density at radius 2 is 2.13 bits per heavy atom. The van der Waals surface area contributed by atoms with Crippen LogP contribution in [0.4, 0.5) is 0 Å². The van der Waals surface area contributed by atoms with Crippen LogP contribution in [0.2, 0.25) is 0 Å². The second-order valence-electron chi connectivity index (χ2n) is 8.97. The van der Waals surface area contributed by atoms with Gasteiger partial charge < -0.3 is 5.32 Å². The van der Waals surface area contributed by atoms with Gasteiger partial charge in [0, 0.05) is 16.4 Å². The van der Waals surface area contributed by atoms with Crippen LogP contribution in [0.1, 0.15) is 66.3 Å². The van der Waals surface area contributed by atoms with Gasteiger partial charge in [-0.15, -0.1) is 11.3 Å². The van der Waals surface area contributed by atoms with Crippen LogP contribution >= 0.6 is 11.3 Å². The van der Waals surface area contributed by atoms with Crippen LogP contribution < -0.4 is 5.32 Å². The first-order valence-corrected chi connectivity index (χ1v) is 11.3. The number of thiazole rings is 1. The lowest BCUT2D eigenvalue weighted by Gasteiger charge is -2.26. The maximum Gasteiger partial charge on any atom is 0.280 e. The molecule has 8 heteroatoms. The van der Waals surface area contributed by atoms with Crippen LogP contribution in [0.3, 0.4) is 0 Å². The van der Waals surface area contributed by atoms with E-state index < -0.39 is 0 Å². The largest absolute Gasteiger partial charge is 0.343 e. The first-order valence-electron chi connectivity index (χ1n) is 10.4. The summed E-state index contributed by atoms with van der Waals surface area (Å²) in [5.41, 5.74) is 5.94. The summed E-state index contributed by atoms with van der Waals surface area (Å²) in [6, 6.07) is 6.36. The van der Waals surface area contributed by atoms with Crippen molar-refractivity contribution in [3.05, 3.63) is 57.9 Å². The zero-order chi connectivity index (χ0) is 21.6. The second-order valence-corrected chi connectivity index (χ2v) is 9.83. The highest BCUT2D eigenvalue weighted by Gasteiger charge is 2.25. The van der Waals surface area contributed by atoms with E-state index in [0.29, 0.717) is 5.01 Å². The van der Waals surface area contributed by atoms with Crippen molar-refractivity contribution in [3.63, 3.8) is 0 Å². The number of amides is 1. The predicted octanol–water partition coefficient (Wildman–Crippen LogP) is 4.58. The number of hydrogen-bond donors (Lipinski definition) is 2. The highest BCUT2D eigenvalue weighted by Crippen LogP contribution is 2.34. The number of aromatic nitrogens is 5. The molecule has 0 saturated carbocycles. The van der Waals surface area contributed by atoms with Crippen LogP contribution in [-0.2, 0) is 11.8 Å². The third-order valence-corrected chi connectivity index (χ3v) is 6.59. The summed E-state index contributed by atoms with van der Waals surface area (Å²) >= 11 is 1.41. The molecule has 0 radical (unpaired) electrons. The number of H-pyrrole nitrogens is 1. The van der Waals surface area contributed by atoms with Crippen LogP contribution in [0.15, 0.2) is 36.1 Å². The summed E-state index contributed by atoms with van der Waals surface area (Å²) in [7, 11) is 0. The lowest BCUT2D eigenvalue weighted by atomic mass is 9.86. The fourth-order valence-electron chi connectivity index (χ4n) is 4.05. The molecular formula is C23H24N6OS. The number of nitrogens with one attached hydrogen (secondary N) is 2. The van der Waals surface area contributed by atoms with Gasteiger partial charge in [-0.05, 0) is 36.5 Å². The molecule has 1 amide bonds. The van der Waals surface area contributed by atoms with Gasteiger partial charge in [-0.2, -0.15) is 5.10 Å². The van der Waals surface area contributed by atoms with Crippen molar-refractivity contribution in [2.75, 3.05) is 0 Å². The summed E-state index contributed by atoms with van der Waals surface area (Å²) in [6.07, 6.45) is 6.25. The highest BCUT2D eigenvalue weighted by atomic mass is 32.1. The average Bonchev–Trinajstić information content (AvgIpc) is 3.43. The molecule has 5 rings (SSSR count). The molecule has 1 aliphatic rings.